The molecule has 1 aliphatic carbocycles. The molecule has 3 rings (SSSR count). The number of benzene rings is 2. The summed E-state index contributed by atoms with van der Waals surface area (Å²) in [6.07, 6.45) is -0.684. The third-order valence-corrected chi connectivity index (χ3v) is 5.05. The lowest BCUT2D eigenvalue weighted by atomic mass is 9.98. The Morgan fingerprint density at radius 2 is 1.55 bits per heavy atom. The lowest BCUT2D eigenvalue weighted by molar-refractivity contribution is -0.146. The summed E-state index contributed by atoms with van der Waals surface area (Å²) in [7, 11) is 1.42. The molecule has 29 heavy (non-hydrogen) atoms. The van der Waals surface area contributed by atoms with Crippen molar-refractivity contribution in [2.24, 2.45) is 0 Å². The van der Waals surface area contributed by atoms with E-state index in [0.717, 1.165) is 27.2 Å². The first-order chi connectivity index (χ1) is 13.7. The van der Waals surface area contributed by atoms with Gasteiger partial charge in [-0.1, -0.05) is 48.5 Å². The number of carbonyl (C=O) groups is 2. The Kier molecular flexibility index (Phi) is 5.94. The molecule has 0 saturated carbocycles. The molecule has 0 aromatic heterocycles. The fraction of sp³-hybridized carbons (Fsp3) is 0.391. The molecule has 154 valence electrons. The first-order valence-electron chi connectivity index (χ1n) is 9.63. The molecule has 1 aliphatic rings. The number of amides is 1. The number of aliphatic carboxylic acids is 1. The topological polar surface area (TPSA) is 76.1 Å². The van der Waals surface area contributed by atoms with Crippen LogP contribution >= 0.6 is 0 Å². The van der Waals surface area contributed by atoms with Gasteiger partial charge in [0.15, 0.2) is 6.04 Å². The summed E-state index contributed by atoms with van der Waals surface area (Å²) in [5.74, 6) is -1.21. The third-order valence-electron chi connectivity index (χ3n) is 5.05. The van der Waals surface area contributed by atoms with Gasteiger partial charge in [-0.3, -0.25) is 4.90 Å². The molecule has 2 aromatic carbocycles. The summed E-state index contributed by atoms with van der Waals surface area (Å²) in [4.78, 5) is 25.3. The summed E-state index contributed by atoms with van der Waals surface area (Å²) < 4.78 is 11.1. The van der Waals surface area contributed by atoms with E-state index in [1.165, 1.54) is 7.05 Å². The van der Waals surface area contributed by atoms with Gasteiger partial charge in [0.1, 0.15) is 6.61 Å². The molecule has 0 fully saturated rings. The highest BCUT2D eigenvalue weighted by atomic mass is 16.6. The zero-order valence-corrected chi connectivity index (χ0v) is 17.2. The van der Waals surface area contributed by atoms with Crippen LogP contribution in [0, 0.1) is 0 Å². The summed E-state index contributed by atoms with van der Waals surface area (Å²) >= 11 is 0. The number of rotatable bonds is 6. The molecule has 0 spiro atoms. The Balaban J connectivity index is 1.70. The Morgan fingerprint density at radius 3 is 2.03 bits per heavy atom. The predicted octanol–water partition coefficient (Wildman–Crippen LogP) is 4.14. The molecule has 0 bridgehead atoms. The monoisotopic (exact) mass is 397 g/mol. The maximum Gasteiger partial charge on any atom is 0.410 e. The van der Waals surface area contributed by atoms with Crippen LogP contribution in [-0.4, -0.2) is 54.0 Å². The lowest BCUT2D eigenvalue weighted by Crippen LogP contribution is -2.47. The number of hydrogen-bond acceptors (Lipinski definition) is 4. The van der Waals surface area contributed by atoms with Gasteiger partial charge in [-0.05, 0) is 43.0 Å². The molecule has 2 aromatic rings. The minimum absolute atomic E-state index is 0.0751. The second kappa shape index (κ2) is 8.25. The number of carbonyl (C=O) groups excluding carboxylic acids is 1. The molecule has 1 N–H and O–H groups in total. The van der Waals surface area contributed by atoms with Crippen molar-refractivity contribution in [2.45, 2.75) is 38.3 Å². The van der Waals surface area contributed by atoms with E-state index >= 15 is 0 Å². The standard InChI is InChI=1S/C23H27NO5/c1-23(2,3)29-14-20(21(25)26)24(4)22(27)28-13-19-17-11-7-5-9-15(17)16-10-6-8-12-18(16)19/h5-12,19-20H,13-14H2,1-4H3,(H,25,26). The van der Waals surface area contributed by atoms with Crippen molar-refractivity contribution >= 4 is 12.1 Å². The van der Waals surface area contributed by atoms with Crippen LogP contribution in [0.2, 0.25) is 0 Å². The van der Waals surface area contributed by atoms with Crippen molar-refractivity contribution < 1.29 is 24.2 Å². The first-order valence-corrected chi connectivity index (χ1v) is 9.63. The molecule has 0 heterocycles. The fourth-order valence-corrected chi connectivity index (χ4v) is 3.50. The number of carboxylic acid groups (broad SMARTS) is 1. The predicted molar refractivity (Wildman–Crippen MR) is 110 cm³/mol. The van der Waals surface area contributed by atoms with Gasteiger partial charge in [-0.2, -0.15) is 0 Å². The molecule has 6 heteroatoms. The fourth-order valence-electron chi connectivity index (χ4n) is 3.50. The highest BCUT2D eigenvalue weighted by Gasteiger charge is 2.32. The SMILES string of the molecule is CN(C(=O)OCC1c2ccccc2-c2ccccc21)C(COC(C)(C)C)C(=O)O. The van der Waals surface area contributed by atoms with Gasteiger partial charge in [0, 0.05) is 13.0 Å². The molecule has 0 saturated heterocycles. The summed E-state index contributed by atoms with van der Waals surface area (Å²) in [6.45, 7) is 5.53. The average Bonchev–Trinajstić information content (AvgIpc) is 2.99. The summed E-state index contributed by atoms with van der Waals surface area (Å²) in [6, 6.07) is 15.0. The van der Waals surface area contributed by atoms with E-state index in [2.05, 4.69) is 12.1 Å². The zero-order valence-electron chi connectivity index (χ0n) is 17.2. The van der Waals surface area contributed by atoms with Crippen molar-refractivity contribution in [1.29, 1.82) is 0 Å². The molecular weight excluding hydrogens is 370 g/mol. The van der Waals surface area contributed by atoms with Crippen molar-refractivity contribution in [2.75, 3.05) is 20.3 Å². The average molecular weight is 397 g/mol. The van der Waals surface area contributed by atoms with E-state index in [1.807, 2.05) is 57.2 Å². The van der Waals surface area contributed by atoms with Crippen molar-refractivity contribution in [1.82, 2.24) is 4.90 Å². The van der Waals surface area contributed by atoms with Crippen LogP contribution in [0.4, 0.5) is 4.79 Å². The van der Waals surface area contributed by atoms with E-state index in [9.17, 15) is 14.7 Å². The minimum atomic E-state index is -1.13. The van der Waals surface area contributed by atoms with E-state index in [-0.39, 0.29) is 19.1 Å². The molecule has 1 unspecified atom stereocenters. The van der Waals surface area contributed by atoms with Crippen molar-refractivity contribution in [3.63, 3.8) is 0 Å². The molecule has 1 amide bonds. The van der Waals surface area contributed by atoms with Gasteiger partial charge in [0.2, 0.25) is 0 Å². The van der Waals surface area contributed by atoms with Gasteiger partial charge in [0.25, 0.3) is 0 Å². The summed E-state index contributed by atoms with van der Waals surface area (Å²) in [5, 5.41) is 9.50. The van der Waals surface area contributed by atoms with Gasteiger partial charge in [-0.25, -0.2) is 9.59 Å². The largest absolute Gasteiger partial charge is 0.480 e. The molecule has 1 atom stereocenters. The number of carboxylic acids is 1. The lowest BCUT2D eigenvalue weighted by Gasteiger charge is -2.28. The normalized spacial score (nSPS) is 14.1. The number of nitrogens with zero attached hydrogens (tertiary/aromatic N) is 1. The number of ether oxygens (including phenoxy) is 2. The maximum absolute atomic E-state index is 12.6. The third kappa shape index (κ3) is 4.59. The number of likely N-dealkylation sites (N-methyl/N-ethyl adjacent to an activating group) is 1. The van der Waals surface area contributed by atoms with Crippen LogP contribution in [0.1, 0.15) is 37.8 Å². The highest BCUT2D eigenvalue weighted by molar-refractivity contribution is 5.81. The van der Waals surface area contributed by atoms with Gasteiger partial charge in [-0.15, -0.1) is 0 Å². The van der Waals surface area contributed by atoms with E-state index in [4.69, 9.17) is 9.47 Å². The Morgan fingerprint density at radius 1 is 1.03 bits per heavy atom. The van der Waals surface area contributed by atoms with Crippen LogP contribution < -0.4 is 0 Å². The second-order valence-corrected chi connectivity index (χ2v) is 8.19. The maximum atomic E-state index is 12.6. The molecule has 0 radical (unpaired) electrons. The van der Waals surface area contributed by atoms with Crippen molar-refractivity contribution in [3.05, 3.63) is 59.7 Å². The van der Waals surface area contributed by atoms with Crippen LogP contribution in [0.15, 0.2) is 48.5 Å². The van der Waals surface area contributed by atoms with E-state index < -0.39 is 23.7 Å². The van der Waals surface area contributed by atoms with Crippen LogP contribution in [0.25, 0.3) is 11.1 Å². The second-order valence-electron chi connectivity index (χ2n) is 8.19. The van der Waals surface area contributed by atoms with Gasteiger partial charge < -0.3 is 14.6 Å². The van der Waals surface area contributed by atoms with Crippen molar-refractivity contribution in [3.8, 4) is 11.1 Å². The van der Waals surface area contributed by atoms with Crippen LogP contribution in [0.5, 0.6) is 0 Å². The first kappa shape index (κ1) is 20.9. The van der Waals surface area contributed by atoms with Gasteiger partial charge >= 0.3 is 12.1 Å². The van der Waals surface area contributed by atoms with E-state index in [0.29, 0.717) is 0 Å². The minimum Gasteiger partial charge on any atom is -0.480 e. The van der Waals surface area contributed by atoms with E-state index in [1.54, 1.807) is 0 Å². The van der Waals surface area contributed by atoms with Crippen LogP contribution in [-0.2, 0) is 14.3 Å². The molecular formula is C23H27NO5. The zero-order chi connectivity index (χ0) is 21.2. The Hall–Kier alpha value is -2.86. The molecule has 0 aliphatic heterocycles. The summed E-state index contributed by atoms with van der Waals surface area (Å²) in [5.41, 5.74) is 3.99. The quantitative estimate of drug-likeness (QED) is 0.793. The highest BCUT2D eigenvalue weighted by Crippen LogP contribution is 2.44. The Labute approximate surface area is 171 Å². The number of hydrogen-bond donors (Lipinski definition) is 1. The number of fused-ring (bicyclic) bond motifs is 3. The van der Waals surface area contributed by atoms with Gasteiger partial charge in [0.05, 0.1) is 12.2 Å². The molecule has 6 nitrogen and oxygen atoms in total. The smallest absolute Gasteiger partial charge is 0.410 e. The van der Waals surface area contributed by atoms with Crippen LogP contribution in [0.3, 0.4) is 0 Å². The Bertz CT molecular complexity index is 857.